The van der Waals surface area contributed by atoms with Crippen molar-refractivity contribution in [2.75, 3.05) is 37.5 Å². The van der Waals surface area contributed by atoms with Crippen molar-refractivity contribution in [1.29, 1.82) is 0 Å². The van der Waals surface area contributed by atoms with E-state index in [4.69, 9.17) is 4.74 Å². The Morgan fingerprint density at radius 3 is 2.19 bits per heavy atom. The molecule has 2 N–H and O–H groups in total. The lowest BCUT2D eigenvalue weighted by atomic mass is 9.87. The molecule has 0 aliphatic heterocycles. The van der Waals surface area contributed by atoms with Crippen molar-refractivity contribution in [2.45, 2.75) is 32.6 Å². The van der Waals surface area contributed by atoms with Gasteiger partial charge in [-0.2, -0.15) is 0 Å². The lowest BCUT2D eigenvalue weighted by Gasteiger charge is -2.19. The van der Waals surface area contributed by atoms with Crippen LogP contribution in [0.25, 0.3) is 0 Å². The molecule has 0 saturated carbocycles. The SMILES string of the molecule is CN(C)c1ccc(NC(=O)NCCCOc2ccc(C(C)(C)C)cc2)cc1. The van der Waals surface area contributed by atoms with Gasteiger partial charge in [0.25, 0.3) is 0 Å². The number of nitrogens with one attached hydrogen (secondary N) is 2. The molecule has 2 aromatic carbocycles. The number of carbonyl (C=O) groups excluding carboxylic acids is 1. The number of hydrogen-bond donors (Lipinski definition) is 2. The van der Waals surface area contributed by atoms with Crippen LogP contribution in [0, 0.1) is 0 Å². The molecule has 0 bridgehead atoms. The molecule has 0 fully saturated rings. The summed E-state index contributed by atoms with van der Waals surface area (Å²) in [5.74, 6) is 0.855. The number of ether oxygens (including phenoxy) is 1. The van der Waals surface area contributed by atoms with Crippen molar-refractivity contribution in [2.24, 2.45) is 0 Å². The van der Waals surface area contributed by atoms with Gasteiger partial charge in [-0.25, -0.2) is 4.79 Å². The molecule has 0 spiro atoms. The zero-order valence-electron chi connectivity index (χ0n) is 17.0. The number of hydrogen-bond acceptors (Lipinski definition) is 3. The monoisotopic (exact) mass is 369 g/mol. The average Bonchev–Trinajstić information content (AvgIpc) is 2.61. The summed E-state index contributed by atoms with van der Waals surface area (Å²) in [6, 6.07) is 15.7. The fourth-order valence-corrected chi connectivity index (χ4v) is 2.53. The van der Waals surface area contributed by atoms with E-state index in [0.29, 0.717) is 13.2 Å². The van der Waals surface area contributed by atoms with Gasteiger partial charge in [0.1, 0.15) is 5.75 Å². The predicted molar refractivity (Wildman–Crippen MR) is 113 cm³/mol. The minimum absolute atomic E-state index is 0.141. The molecule has 27 heavy (non-hydrogen) atoms. The molecule has 0 radical (unpaired) electrons. The fourth-order valence-electron chi connectivity index (χ4n) is 2.53. The number of anilines is 2. The Hall–Kier alpha value is -2.69. The van der Waals surface area contributed by atoms with Gasteiger partial charge >= 0.3 is 6.03 Å². The maximum atomic E-state index is 11.9. The first-order valence-corrected chi connectivity index (χ1v) is 9.31. The van der Waals surface area contributed by atoms with Crippen molar-refractivity contribution >= 4 is 17.4 Å². The van der Waals surface area contributed by atoms with E-state index in [2.05, 4.69) is 43.5 Å². The van der Waals surface area contributed by atoms with Crippen LogP contribution in [-0.4, -0.2) is 33.3 Å². The molecule has 0 atom stereocenters. The first-order chi connectivity index (χ1) is 12.8. The van der Waals surface area contributed by atoms with E-state index in [1.807, 2.05) is 55.4 Å². The van der Waals surface area contributed by atoms with Gasteiger partial charge in [0.05, 0.1) is 6.61 Å². The summed E-state index contributed by atoms with van der Waals surface area (Å²) in [4.78, 5) is 13.9. The van der Waals surface area contributed by atoms with Gasteiger partial charge < -0.3 is 20.3 Å². The van der Waals surface area contributed by atoms with Crippen molar-refractivity contribution in [3.05, 3.63) is 54.1 Å². The summed E-state index contributed by atoms with van der Waals surface area (Å²) in [6.07, 6.45) is 0.744. The summed E-state index contributed by atoms with van der Waals surface area (Å²) in [5, 5.41) is 5.67. The number of carbonyl (C=O) groups is 1. The molecule has 5 nitrogen and oxygen atoms in total. The topological polar surface area (TPSA) is 53.6 Å². The molecule has 0 saturated heterocycles. The van der Waals surface area contributed by atoms with Crippen LogP contribution in [0.3, 0.4) is 0 Å². The first-order valence-electron chi connectivity index (χ1n) is 9.31. The van der Waals surface area contributed by atoms with E-state index < -0.39 is 0 Å². The Morgan fingerprint density at radius 1 is 1.00 bits per heavy atom. The highest BCUT2D eigenvalue weighted by Gasteiger charge is 2.12. The first kappa shape index (κ1) is 20.6. The van der Waals surface area contributed by atoms with Gasteiger partial charge in [-0.05, 0) is 53.8 Å². The van der Waals surface area contributed by atoms with Gasteiger partial charge in [0.15, 0.2) is 0 Å². The zero-order chi connectivity index (χ0) is 19.9. The van der Waals surface area contributed by atoms with E-state index in [9.17, 15) is 4.79 Å². The largest absolute Gasteiger partial charge is 0.494 e. The normalized spacial score (nSPS) is 11.0. The average molecular weight is 370 g/mol. The molecule has 146 valence electrons. The second kappa shape index (κ2) is 9.31. The summed E-state index contributed by atoms with van der Waals surface area (Å²) in [5.41, 5.74) is 3.29. The summed E-state index contributed by atoms with van der Waals surface area (Å²) >= 11 is 0. The van der Waals surface area contributed by atoms with Gasteiger partial charge in [0.2, 0.25) is 0 Å². The molecular formula is C22H31N3O2. The second-order valence-electron chi connectivity index (χ2n) is 7.80. The molecule has 0 aliphatic rings. The zero-order valence-corrected chi connectivity index (χ0v) is 17.0. The van der Waals surface area contributed by atoms with Gasteiger partial charge in [-0.15, -0.1) is 0 Å². The van der Waals surface area contributed by atoms with Gasteiger partial charge in [0, 0.05) is 32.0 Å². The Bertz CT molecular complexity index is 717. The number of urea groups is 1. The van der Waals surface area contributed by atoms with Crippen molar-refractivity contribution in [3.63, 3.8) is 0 Å². The Balaban J connectivity index is 1.65. The van der Waals surface area contributed by atoms with Gasteiger partial charge in [-0.1, -0.05) is 32.9 Å². The lowest BCUT2D eigenvalue weighted by molar-refractivity contribution is 0.250. The number of nitrogens with zero attached hydrogens (tertiary/aromatic N) is 1. The Kier molecular flexibility index (Phi) is 7.11. The number of amides is 2. The molecule has 2 aromatic rings. The minimum atomic E-state index is -0.206. The third-order valence-corrected chi connectivity index (χ3v) is 4.24. The van der Waals surface area contributed by atoms with E-state index >= 15 is 0 Å². The highest BCUT2D eigenvalue weighted by molar-refractivity contribution is 5.89. The van der Waals surface area contributed by atoms with Crippen LogP contribution in [0.1, 0.15) is 32.8 Å². The maximum absolute atomic E-state index is 11.9. The van der Waals surface area contributed by atoms with E-state index in [1.165, 1.54) is 5.56 Å². The van der Waals surface area contributed by atoms with E-state index in [-0.39, 0.29) is 11.4 Å². The summed E-state index contributed by atoms with van der Waals surface area (Å²) < 4.78 is 5.73. The van der Waals surface area contributed by atoms with Crippen LogP contribution < -0.4 is 20.3 Å². The lowest BCUT2D eigenvalue weighted by Crippen LogP contribution is -2.30. The molecule has 0 aliphatic carbocycles. The van der Waals surface area contributed by atoms with E-state index in [0.717, 1.165) is 23.5 Å². The molecule has 2 amide bonds. The minimum Gasteiger partial charge on any atom is -0.494 e. The highest BCUT2D eigenvalue weighted by atomic mass is 16.5. The summed E-state index contributed by atoms with van der Waals surface area (Å²) in [6.45, 7) is 7.69. The van der Waals surface area contributed by atoms with Crippen LogP contribution in [0.15, 0.2) is 48.5 Å². The standard InChI is InChI=1S/C22H31N3O2/c1-22(2,3)17-7-13-20(14-8-17)27-16-6-15-23-21(26)24-18-9-11-19(12-10-18)25(4)5/h7-14H,6,15-16H2,1-5H3,(H2,23,24,26). The fraction of sp³-hybridized carbons (Fsp3) is 0.409. The molecule has 0 unspecified atom stereocenters. The smallest absolute Gasteiger partial charge is 0.319 e. The van der Waals surface area contributed by atoms with Crippen LogP contribution in [0.5, 0.6) is 5.75 Å². The quantitative estimate of drug-likeness (QED) is 0.699. The Labute approximate surface area is 162 Å². The van der Waals surface area contributed by atoms with E-state index in [1.54, 1.807) is 0 Å². The van der Waals surface area contributed by atoms with Crippen molar-refractivity contribution < 1.29 is 9.53 Å². The predicted octanol–water partition coefficient (Wildman–Crippen LogP) is 4.64. The molecule has 0 aromatic heterocycles. The van der Waals surface area contributed by atoms with Crippen LogP contribution in [-0.2, 0) is 5.41 Å². The third-order valence-electron chi connectivity index (χ3n) is 4.24. The van der Waals surface area contributed by atoms with Crippen LogP contribution in [0.2, 0.25) is 0 Å². The van der Waals surface area contributed by atoms with Crippen molar-refractivity contribution in [1.82, 2.24) is 5.32 Å². The van der Waals surface area contributed by atoms with Crippen LogP contribution in [0.4, 0.5) is 16.2 Å². The second-order valence-corrected chi connectivity index (χ2v) is 7.80. The van der Waals surface area contributed by atoms with Crippen LogP contribution >= 0.6 is 0 Å². The molecule has 0 heterocycles. The third kappa shape index (κ3) is 6.85. The summed E-state index contributed by atoms with van der Waals surface area (Å²) in [7, 11) is 3.96. The maximum Gasteiger partial charge on any atom is 0.319 e. The molecule has 5 heteroatoms. The number of benzene rings is 2. The highest BCUT2D eigenvalue weighted by Crippen LogP contribution is 2.24. The molecular weight excluding hydrogens is 338 g/mol. The number of rotatable bonds is 7. The van der Waals surface area contributed by atoms with Crippen molar-refractivity contribution in [3.8, 4) is 5.75 Å². The van der Waals surface area contributed by atoms with Gasteiger partial charge in [-0.3, -0.25) is 0 Å². The Morgan fingerprint density at radius 2 is 1.63 bits per heavy atom. The molecule has 2 rings (SSSR count).